The molecule has 0 bridgehead atoms. The first-order valence-corrected chi connectivity index (χ1v) is 6.91. The molecule has 0 saturated carbocycles. The summed E-state index contributed by atoms with van der Waals surface area (Å²) in [5.41, 5.74) is 7.27. The zero-order valence-electron chi connectivity index (χ0n) is 12.2. The van der Waals surface area contributed by atoms with Crippen molar-refractivity contribution in [2.45, 2.75) is 33.0 Å². The lowest BCUT2D eigenvalue weighted by molar-refractivity contribution is -0.122. The van der Waals surface area contributed by atoms with E-state index in [1.165, 1.54) is 0 Å². The normalized spacial score (nSPS) is 12.0. The average molecular weight is 288 g/mol. The summed E-state index contributed by atoms with van der Waals surface area (Å²) >= 11 is 0. The molecule has 112 valence electrons. The number of hydrogen-bond donors (Lipinski definition) is 2. The van der Waals surface area contributed by atoms with Crippen LogP contribution in [0.5, 0.6) is 5.75 Å². The van der Waals surface area contributed by atoms with Crippen LogP contribution in [0.3, 0.4) is 0 Å². The van der Waals surface area contributed by atoms with E-state index >= 15 is 0 Å². The number of rotatable bonds is 6. The van der Waals surface area contributed by atoms with Crippen LogP contribution in [0.1, 0.15) is 19.4 Å². The van der Waals surface area contributed by atoms with Gasteiger partial charge in [-0.3, -0.25) is 9.48 Å². The molecule has 1 heterocycles. The topological polar surface area (TPSA) is 82.2 Å². The van der Waals surface area contributed by atoms with Gasteiger partial charge in [0.25, 0.3) is 5.91 Å². The standard InChI is InChI=1S/C15H20N4O2/c1-3-19-10-14(9-17-19)21-11(2)15(20)18-13-6-4-12(8-16)5-7-13/h4-7,9-11H,3,8,16H2,1-2H3,(H,18,20). The second-order valence-electron chi connectivity index (χ2n) is 4.68. The van der Waals surface area contributed by atoms with E-state index in [1.54, 1.807) is 24.0 Å². The first kappa shape index (κ1) is 15.1. The number of anilines is 1. The smallest absolute Gasteiger partial charge is 0.265 e. The number of nitrogens with one attached hydrogen (secondary N) is 1. The van der Waals surface area contributed by atoms with Crippen LogP contribution in [0.25, 0.3) is 0 Å². The Morgan fingerprint density at radius 1 is 1.43 bits per heavy atom. The highest BCUT2D eigenvalue weighted by Gasteiger charge is 2.15. The van der Waals surface area contributed by atoms with Crippen LogP contribution in [0.2, 0.25) is 0 Å². The van der Waals surface area contributed by atoms with Crippen LogP contribution in [0.15, 0.2) is 36.7 Å². The maximum absolute atomic E-state index is 12.1. The highest BCUT2D eigenvalue weighted by atomic mass is 16.5. The number of aryl methyl sites for hydroxylation is 1. The van der Waals surface area contributed by atoms with Crippen molar-refractivity contribution in [1.29, 1.82) is 0 Å². The summed E-state index contributed by atoms with van der Waals surface area (Å²) in [5.74, 6) is 0.373. The molecule has 2 rings (SSSR count). The number of nitrogens with two attached hydrogens (primary N) is 1. The third-order valence-corrected chi connectivity index (χ3v) is 3.07. The second-order valence-corrected chi connectivity index (χ2v) is 4.68. The molecule has 0 radical (unpaired) electrons. The van der Waals surface area contributed by atoms with Crippen molar-refractivity contribution in [3.05, 3.63) is 42.2 Å². The molecular formula is C15H20N4O2. The van der Waals surface area contributed by atoms with E-state index in [-0.39, 0.29) is 5.91 Å². The third-order valence-electron chi connectivity index (χ3n) is 3.07. The van der Waals surface area contributed by atoms with Gasteiger partial charge in [0, 0.05) is 18.8 Å². The number of amides is 1. The van der Waals surface area contributed by atoms with Gasteiger partial charge < -0.3 is 15.8 Å². The Hall–Kier alpha value is -2.34. The number of hydrogen-bond acceptors (Lipinski definition) is 4. The molecule has 6 heteroatoms. The van der Waals surface area contributed by atoms with Crippen molar-refractivity contribution >= 4 is 11.6 Å². The quantitative estimate of drug-likeness (QED) is 0.848. The summed E-state index contributed by atoms with van der Waals surface area (Å²) in [7, 11) is 0. The summed E-state index contributed by atoms with van der Waals surface area (Å²) in [4.78, 5) is 12.1. The molecule has 1 aromatic carbocycles. The zero-order valence-corrected chi connectivity index (χ0v) is 12.2. The van der Waals surface area contributed by atoms with Crippen LogP contribution in [-0.2, 0) is 17.9 Å². The fourth-order valence-corrected chi connectivity index (χ4v) is 1.80. The number of carbonyl (C=O) groups excluding carboxylic acids is 1. The lowest BCUT2D eigenvalue weighted by Gasteiger charge is -2.13. The monoisotopic (exact) mass is 288 g/mol. The van der Waals surface area contributed by atoms with Crippen molar-refractivity contribution in [1.82, 2.24) is 9.78 Å². The van der Waals surface area contributed by atoms with Crippen LogP contribution < -0.4 is 15.8 Å². The second kappa shape index (κ2) is 6.90. The number of nitrogens with zero attached hydrogens (tertiary/aromatic N) is 2. The number of aromatic nitrogens is 2. The van der Waals surface area contributed by atoms with Gasteiger partial charge in [-0.05, 0) is 31.5 Å². The fraction of sp³-hybridized carbons (Fsp3) is 0.333. The molecule has 1 unspecified atom stereocenters. The van der Waals surface area contributed by atoms with E-state index in [1.807, 2.05) is 31.2 Å². The summed E-state index contributed by atoms with van der Waals surface area (Å²) in [6, 6.07) is 7.41. The van der Waals surface area contributed by atoms with E-state index in [0.29, 0.717) is 12.3 Å². The van der Waals surface area contributed by atoms with Crippen LogP contribution in [-0.4, -0.2) is 21.8 Å². The Morgan fingerprint density at radius 2 is 2.14 bits per heavy atom. The maximum atomic E-state index is 12.1. The molecule has 0 aliphatic rings. The van der Waals surface area contributed by atoms with Gasteiger partial charge in [-0.25, -0.2) is 0 Å². The number of carbonyl (C=O) groups is 1. The lowest BCUT2D eigenvalue weighted by atomic mass is 10.2. The van der Waals surface area contributed by atoms with Crippen molar-refractivity contribution in [2.24, 2.45) is 5.73 Å². The maximum Gasteiger partial charge on any atom is 0.265 e. The van der Waals surface area contributed by atoms with E-state index in [0.717, 1.165) is 17.8 Å². The van der Waals surface area contributed by atoms with Gasteiger partial charge in [-0.1, -0.05) is 12.1 Å². The number of ether oxygens (including phenoxy) is 1. The molecule has 1 atom stereocenters. The van der Waals surface area contributed by atoms with Gasteiger partial charge in [-0.2, -0.15) is 5.10 Å². The van der Waals surface area contributed by atoms with Crippen molar-refractivity contribution < 1.29 is 9.53 Å². The first-order valence-electron chi connectivity index (χ1n) is 6.91. The zero-order chi connectivity index (χ0) is 15.2. The Labute approximate surface area is 123 Å². The molecule has 2 aromatic rings. The molecule has 0 aliphatic heterocycles. The molecule has 0 aliphatic carbocycles. The highest BCUT2D eigenvalue weighted by molar-refractivity contribution is 5.94. The largest absolute Gasteiger partial charge is 0.478 e. The number of benzene rings is 1. The van der Waals surface area contributed by atoms with Crippen molar-refractivity contribution in [2.75, 3.05) is 5.32 Å². The van der Waals surface area contributed by atoms with Gasteiger partial charge in [0.2, 0.25) is 0 Å². The Bertz CT molecular complexity index is 592. The summed E-state index contributed by atoms with van der Waals surface area (Å²) in [5, 5.41) is 6.90. The minimum Gasteiger partial charge on any atom is -0.478 e. The Balaban J connectivity index is 1.92. The minimum atomic E-state index is -0.603. The molecular weight excluding hydrogens is 268 g/mol. The SMILES string of the molecule is CCn1cc(OC(C)C(=O)Nc2ccc(CN)cc2)cn1. The molecule has 3 N–H and O–H groups in total. The van der Waals surface area contributed by atoms with E-state index < -0.39 is 6.10 Å². The molecule has 0 fully saturated rings. The summed E-state index contributed by atoms with van der Waals surface area (Å²) in [6.07, 6.45) is 2.76. The molecule has 6 nitrogen and oxygen atoms in total. The summed E-state index contributed by atoms with van der Waals surface area (Å²) in [6.45, 7) is 4.93. The Morgan fingerprint density at radius 3 is 2.71 bits per heavy atom. The molecule has 1 aromatic heterocycles. The third kappa shape index (κ3) is 4.06. The van der Waals surface area contributed by atoms with Gasteiger partial charge in [0.15, 0.2) is 11.9 Å². The average Bonchev–Trinajstić information content (AvgIpc) is 2.95. The van der Waals surface area contributed by atoms with Crippen molar-refractivity contribution in [3.8, 4) is 5.75 Å². The van der Waals surface area contributed by atoms with Gasteiger partial charge >= 0.3 is 0 Å². The fourth-order valence-electron chi connectivity index (χ4n) is 1.80. The van der Waals surface area contributed by atoms with Gasteiger partial charge in [0.1, 0.15) is 0 Å². The highest BCUT2D eigenvalue weighted by Crippen LogP contribution is 2.13. The van der Waals surface area contributed by atoms with E-state index in [4.69, 9.17) is 10.5 Å². The summed E-state index contributed by atoms with van der Waals surface area (Å²) < 4.78 is 7.30. The van der Waals surface area contributed by atoms with E-state index in [2.05, 4.69) is 10.4 Å². The molecule has 0 saturated heterocycles. The van der Waals surface area contributed by atoms with Crippen LogP contribution in [0, 0.1) is 0 Å². The van der Waals surface area contributed by atoms with Crippen LogP contribution in [0.4, 0.5) is 5.69 Å². The molecule has 0 spiro atoms. The lowest BCUT2D eigenvalue weighted by Crippen LogP contribution is -2.30. The van der Waals surface area contributed by atoms with Crippen molar-refractivity contribution in [3.63, 3.8) is 0 Å². The first-order chi connectivity index (χ1) is 10.1. The molecule has 1 amide bonds. The Kier molecular flexibility index (Phi) is 4.94. The predicted octanol–water partition coefficient (Wildman–Crippen LogP) is 1.77. The minimum absolute atomic E-state index is 0.209. The van der Waals surface area contributed by atoms with Gasteiger partial charge in [-0.15, -0.1) is 0 Å². The predicted molar refractivity (Wildman–Crippen MR) is 81.0 cm³/mol. The molecule has 21 heavy (non-hydrogen) atoms. The van der Waals surface area contributed by atoms with Gasteiger partial charge in [0.05, 0.1) is 12.4 Å². The van der Waals surface area contributed by atoms with E-state index in [9.17, 15) is 4.79 Å². The van der Waals surface area contributed by atoms with Crippen LogP contribution >= 0.6 is 0 Å².